The number of carbonyl (C=O) groups is 4. The zero-order valence-electron chi connectivity index (χ0n) is 39.5. The number of carboxylic acids is 1. The largest absolute Gasteiger partial charge is 0.480 e. The molecule has 0 aromatic heterocycles. The first-order valence-corrected chi connectivity index (χ1v) is 22.4. The number of hydrogen-bond acceptors (Lipinski definition) is 7. The van der Waals surface area contributed by atoms with Crippen molar-refractivity contribution in [3.8, 4) is 23.7 Å². The number of methoxy groups -OCH3 is 1. The Hall–Kier alpha value is -6.20. The van der Waals surface area contributed by atoms with E-state index in [1.807, 2.05) is 135 Å². The number of hydrogen-bond donors (Lipinski definition) is 1. The molecule has 0 saturated carbocycles. The fourth-order valence-electron chi connectivity index (χ4n) is 8.33. The van der Waals surface area contributed by atoms with Crippen LogP contribution in [0.2, 0.25) is 0 Å². The van der Waals surface area contributed by atoms with Crippen LogP contribution in [-0.2, 0) is 23.9 Å². The summed E-state index contributed by atoms with van der Waals surface area (Å²) in [6, 6.07) is 37.1. The van der Waals surface area contributed by atoms with Gasteiger partial charge in [0.05, 0.1) is 32.0 Å². The first-order chi connectivity index (χ1) is 30.9. The number of aliphatic carboxylic acids is 1. The Morgan fingerprint density at radius 2 is 0.894 bits per heavy atom. The Labute approximate surface area is 394 Å². The summed E-state index contributed by atoms with van der Waals surface area (Å²) < 4.78 is 5.08. The molecule has 2 saturated heterocycles. The number of amides is 2. The van der Waals surface area contributed by atoms with E-state index in [9.17, 15) is 24.3 Å². The second-order valence-electron chi connectivity index (χ2n) is 19.1. The van der Waals surface area contributed by atoms with Gasteiger partial charge in [-0.2, -0.15) is 0 Å². The summed E-state index contributed by atoms with van der Waals surface area (Å²) in [5.74, 6) is 10.3. The third-order valence-electron chi connectivity index (χ3n) is 11.7. The van der Waals surface area contributed by atoms with E-state index in [2.05, 4.69) is 75.0 Å². The molecule has 2 aliphatic rings. The molecule has 66 heavy (non-hydrogen) atoms. The number of ether oxygens (including phenoxy) is 1. The quantitative estimate of drug-likeness (QED) is 0.112. The zero-order chi connectivity index (χ0) is 47.3. The van der Waals surface area contributed by atoms with Gasteiger partial charge in [0.15, 0.2) is 0 Å². The van der Waals surface area contributed by atoms with E-state index in [0.717, 1.165) is 22.3 Å². The molecule has 10 nitrogen and oxygen atoms in total. The second kappa shape index (κ2) is 23.8. The molecule has 350 valence electrons. The molecule has 2 fully saturated rings. The Balaban J connectivity index is 0.000000284. The molecule has 4 aromatic rings. The summed E-state index contributed by atoms with van der Waals surface area (Å²) in [5.41, 5.74) is 3.39. The molecule has 4 aromatic carbocycles. The van der Waals surface area contributed by atoms with Crippen LogP contribution in [-0.4, -0.2) is 120 Å². The van der Waals surface area contributed by atoms with Crippen LogP contribution in [0.1, 0.15) is 95.9 Å². The van der Waals surface area contributed by atoms with Crippen molar-refractivity contribution < 1.29 is 29.0 Å². The molecule has 0 unspecified atom stereocenters. The number of likely N-dealkylation sites (tertiary alicyclic amines) is 2. The van der Waals surface area contributed by atoms with Gasteiger partial charge in [0.2, 0.25) is 11.8 Å². The standard InChI is InChI=1S/C28H34N2O3.C27H32N2O3.CH4/c1-28(2,3)17-12-18-29(4)23-19-24(27(32)33-5)30(20-23)26(31)25(21-13-8-6-9-14-21)22-15-10-7-11-16-22;1-27(2,3)16-11-17-28(4)22-18-23(26(31)32)29(19-22)25(30)24(20-12-7-5-8-13-20)21-14-9-6-10-15-21;/h6-11,13-16,23-25H,18-20H2,1-5H3;5-10,12-15,22-24H,17-19H2,1-4H3,(H,31,32);1H4/t23-,24-;22-,23-;/m00./s1. The maximum atomic E-state index is 14.0. The summed E-state index contributed by atoms with van der Waals surface area (Å²) in [4.78, 5) is 59.9. The van der Waals surface area contributed by atoms with Crippen molar-refractivity contribution in [3.05, 3.63) is 144 Å². The fourth-order valence-corrected chi connectivity index (χ4v) is 8.33. The lowest BCUT2D eigenvalue weighted by atomic mass is 9.90. The zero-order valence-corrected chi connectivity index (χ0v) is 39.5. The molecule has 6 rings (SSSR count). The summed E-state index contributed by atoms with van der Waals surface area (Å²) in [5, 5.41) is 9.90. The van der Waals surface area contributed by atoms with Gasteiger partial charge in [0.25, 0.3) is 0 Å². The van der Waals surface area contributed by atoms with Crippen molar-refractivity contribution in [1.29, 1.82) is 0 Å². The van der Waals surface area contributed by atoms with E-state index in [-0.39, 0.29) is 48.1 Å². The van der Waals surface area contributed by atoms with Crippen LogP contribution >= 0.6 is 0 Å². The van der Waals surface area contributed by atoms with Gasteiger partial charge < -0.3 is 19.6 Å². The number of carbonyl (C=O) groups excluding carboxylic acids is 3. The molecule has 10 heteroatoms. The Bertz CT molecular complexity index is 2240. The van der Waals surface area contributed by atoms with Crippen molar-refractivity contribution in [2.45, 2.75) is 97.8 Å². The molecular weight excluding hydrogens is 825 g/mol. The van der Waals surface area contributed by atoms with Crippen LogP contribution in [0, 0.1) is 34.5 Å². The minimum absolute atomic E-state index is 0. The minimum atomic E-state index is -0.963. The van der Waals surface area contributed by atoms with Crippen LogP contribution < -0.4 is 0 Å². The molecule has 0 spiro atoms. The van der Waals surface area contributed by atoms with Crippen LogP contribution in [0.4, 0.5) is 0 Å². The Morgan fingerprint density at radius 1 is 0.591 bits per heavy atom. The highest BCUT2D eigenvalue weighted by Crippen LogP contribution is 2.33. The Morgan fingerprint density at radius 3 is 1.18 bits per heavy atom. The highest BCUT2D eigenvalue weighted by molar-refractivity contribution is 5.92. The van der Waals surface area contributed by atoms with E-state index >= 15 is 0 Å². The number of carboxylic acid groups (broad SMARTS) is 1. The molecular formula is C56H70N4O6. The molecule has 0 aliphatic carbocycles. The number of likely N-dealkylation sites (N-methyl/N-ethyl adjacent to an activating group) is 2. The summed E-state index contributed by atoms with van der Waals surface area (Å²) in [6.45, 7) is 14.4. The van der Waals surface area contributed by atoms with Gasteiger partial charge in [-0.3, -0.25) is 19.4 Å². The van der Waals surface area contributed by atoms with Crippen LogP contribution in [0.15, 0.2) is 121 Å². The SMILES string of the molecule is C.CN(CC#CC(C)(C)C)[C@H]1C[C@@H](C(=O)O)N(C(=O)C(c2ccccc2)c2ccccc2)C1.COC(=O)[C@@H]1C[C@H](N(C)CC#CC(C)(C)C)CN1C(=O)C(c1ccccc1)c1ccccc1. The van der Waals surface area contributed by atoms with E-state index < -0.39 is 29.9 Å². The van der Waals surface area contributed by atoms with Gasteiger partial charge in [-0.15, -0.1) is 0 Å². The average Bonchev–Trinajstić information content (AvgIpc) is 3.94. The summed E-state index contributed by atoms with van der Waals surface area (Å²) in [6.07, 6.45) is 0.924. The highest BCUT2D eigenvalue weighted by atomic mass is 16.5. The monoisotopic (exact) mass is 895 g/mol. The lowest BCUT2D eigenvalue weighted by Crippen LogP contribution is -2.44. The van der Waals surface area contributed by atoms with Gasteiger partial charge in [-0.1, -0.05) is 152 Å². The molecule has 1 N–H and O–H groups in total. The predicted molar refractivity (Wildman–Crippen MR) is 263 cm³/mol. The molecule has 0 bridgehead atoms. The van der Waals surface area contributed by atoms with Crippen molar-refractivity contribution in [2.75, 3.05) is 47.4 Å². The van der Waals surface area contributed by atoms with E-state index in [4.69, 9.17) is 4.74 Å². The molecule has 2 aliphatic heterocycles. The average molecular weight is 895 g/mol. The smallest absolute Gasteiger partial charge is 0.328 e. The van der Waals surface area contributed by atoms with Gasteiger partial charge in [-0.25, -0.2) is 9.59 Å². The van der Waals surface area contributed by atoms with Crippen molar-refractivity contribution in [3.63, 3.8) is 0 Å². The van der Waals surface area contributed by atoms with Crippen molar-refractivity contribution in [1.82, 2.24) is 19.6 Å². The van der Waals surface area contributed by atoms with Gasteiger partial charge in [-0.05, 0) is 90.7 Å². The van der Waals surface area contributed by atoms with E-state index in [1.54, 1.807) is 9.80 Å². The summed E-state index contributed by atoms with van der Waals surface area (Å²) in [7, 11) is 5.32. The third kappa shape index (κ3) is 14.4. The molecule has 2 heterocycles. The third-order valence-corrected chi connectivity index (χ3v) is 11.7. The van der Waals surface area contributed by atoms with E-state index in [1.165, 1.54) is 7.11 Å². The lowest BCUT2D eigenvalue weighted by molar-refractivity contribution is -0.151. The predicted octanol–water partition coefficient (Wildman–Crippen LogP) is 8.43. The van der Waals surface area contributed by atoms with Gasteiger partial charge in [0.1, 0.15) is 12.1 Å². The van der Waals surface area contributed by atoms with Crippen LogP contribution in [0.3, 0.4) is 0 Å². The van der Waals surface area contributed by atoms with Gasteiger partial charge >= 0.3 is 11.9 Å². The normalized spacial score (nSPS) is 18.1. The number of esters is 1. The number of nitrogens with zero attached hydrogens (tertiary/aromatic N) is 4. The first-order valence-electron chi connectivity index (χ1n) is 22.4. The maximum Gasteiger partial charge on any atom is 0.328 e. The van der Waals surface area contributed by atoms with E-state index in [0.29, 0.717) is 39.0 Å². The number of rotatable bonds is 12. The molecule has 4 atom stereocenters. The topological polar surface area (TPSA) is 111 Å². The highest BCUT2D eigenvalue weighted by Gasteiger charge is 2.45. The maximum absolute atomic E-state index is 14.0. The molecule has 2 amide bonds. The van der Waals surface area contributed by atoms with Gasteiger partial charge in [0, 0.05) is 36.0 Å². The lowest BCUT2D eigenvalue weighted by Gasteiger charge is -2.28. The van der Waals surface area contributed by atoms with Crippen LogP contribution in [0.25, 0.3) is 0 Å². The first kappa shape index (κ1) is 52.4. The van der Waals surface area contributed by atoms with Crippen molar-refractivity contribution >= 4 is 23.8 Å². The van der Waals surface area contributed by atoms with Crippen molar-refractivity contribution in [2.24, 2.45) is 10.8 Å². The second-order valence-corrected chi connectivity index (χ2v) is 19.1. The fraction of sp³-hybridized carbons (Fsp3) is 0.429. The Kier molecular flexibility index (Phi) is 18.9. The number of benzene rings is 4. The molecule has 0 radical (unpaired) electrons. The summed E-state index contributed by atoms with van der Waals surface area (Å²) >= 11 is 0. The minimum Gasteiger partial charge on any atom is -0.480 e. The van der Waals surface area contributed by atoms with Crippen LogP contribution in [0.5, 0.6) is 0 Å².